The number of guanidine groups is 1. The minimum atomic E-state index is -2.08. The van der Waals surface area contributed by atoms with E-state index in [1.807, 2.05) is 6.07 Å². The molecule has 2 amide bonds. The topological polar surface area (TPSA) is 170 Å². The zero-order valence-electron chi connectivity index (χ0n) is 21.2. The number of ether oxygens (including phenoxy) is 1. The molecule has 39 heavy (non-hydrogen) atoms. The second-order valence-corrected chi connectivity index (χ2v) is 8.88. The molecule has 6 N–H and O–H groups in total. The zero-order chi connectivity index (χ0) is 26.8. The van der Waals surface area contributed by atoms with Gasteiger partial charge in [0, 0.05) is 24.9 Å². The first-order valence-corrected chi connectivity index (χ1v) is 12.5. The maximum Gasteiger partial charge on any atom is 0.409 e. The van der Waals surface area contributed by atoms with Gasteiger partial charge in [0.1, 0.15) is 6.61 Å². The predicted molar refractivity (Wildman–Crippen MR) is 148 cm³/mol. The van der Waals surface area contributed by atoms with Gasteiger partial charge < -0.3 is 25.8 Å². The van der Waals surface area contributed by atoms with E-state index in [1.165, 1.54) is 6.20 Å². The molecular weight excluding hydrogens is 526 g/mol. The van der Waals surface area contributed by atoms with E-state index in [0.29, 0.717) is 30.3 Å². The second kappa shape index (κ2) is 14.0. The molecule has 1 atom stereocenters. The summed E-state index contributed by atoms with van der Waals surface area (Å²) in [4.78, 5) is 42.8. The summed E-state index contributed by atoms with van der Waals surface area (Å²) in [6.45, 7) is 2.16. The van der Waals surface area contributed by atoms with E-state index in [4.69, 9.17) is 4.74 Å². The molecule has 0 saturated heterocycles. The number of halogens is 1. The third kappa shape index (κ3) is 7.84. The molecule has 0 aliphatic carbocycles. The molecule has 0 fully saturated rings. The monoisotopic (exact) mass is 557 g/mol. The smallest absolute Gasteiger partial charge is 0.409 e. The fraction of sp³-hybridized carbons (Fsp3) is 0.346. The van der Waals surface area contributed by atoms with Crippen molar-refractivity contribution in [2.45, 2.75) is 38.0 Å². The Morgan fingerprint density at radius 3 is 2.59 bits per heavy atom. The SMILES string of the molecule is Cl.O=C(N[C@](CCCCCNC1=NCCN1)(NC(=O)c1cccc2[nH]ncc12)C(=O)O)OCc1ccccc1. The number of hydrogen-bond donors (Lipinski definition) is 6. The fourth-order valence-corrected chi connectivity index (χ4v) is 4.15. The van der Waals surface area contributed by atoms with E-state index in [-0.39, 0.29) is 31.0 Å². The van der Waals surface area contributed by atoms with Crippen LogP contribution in [0.2, 0.25) is 0 Å². The largest absolute Gasteiger partial charge is 0.478 e. The third-order valence-electron chi connectivity index (χ3n) is 6.14. The van der Waals surface area contributed by atoms with E-state index in [1.54, 1.807) is 42.5 Å². The van der Waals surface area contributed by atoms with Crippen LogP contribution < -0.4 is 21.3 Å². The number of rotatable bonds is 12. The van der Waals surface area contributed by atoms with Crippen LogP contribution in [0.15, 0.2) is 59.7 Å². The molecule has 1 aromatic heterocycles. The van der Waals surface area contributed by atoms with Crippen LogP contribution in [0.4, 0.5) is 4.79 Å². The van der Waals surface area contributed by atoms with Crippen molar-refractivity contribution in [2.75, 3.05) is 19.6 Å². The summed E-state index contributed by atoms with van der Waals surface area (Å²) in [5.41, 5.74) is -0.479. The molecule has 2 heterocycles. The van der Waals surface area contributed by atoms with Crippen molar-refractivity contribution in [1.29, 1.82) is 0 Å². The molecule has 3 aromatic rings. The van der Waals surface area contributed by atoms with Crippen LogP contribution in [0.25, 0.3) is 10.9 Å². The van der Waals surface area contributed by atoms with Crippen LogP contribution >= 0.6 is 12.4 Å². The summed E-state index contributed by atoms with van der Waals surface area (Å²) >= 11 is 0. The molecule has 1 aliphatic rings. The molecule has 0 saturated carbocycles. The van der Waals surface area contributed by atoms with E-state index in [0.717, 1.165) is 31.0 Å². The number of fused-ring (bicyclic) bond motifs is 1. The van der Waals surface area contributed by atoms with Crippen LogP contribution in [-0.2, 0) is 16.1 Å². The molecule has 1 aliphatic heterocycles. The number of nitrogens with one attached hydrogen (secondary N) is 5. The number of alkyl carbamates (subject to hydrolysis) is 1. The van der Waals surface area contributed by atoms with E-state index in [9.17, 15) is 19.5 Å². The number of hydrogen-bond acceptors (Lipinski definition) is 8. The van der Waals surface area contributed by atoms with Gasteiger partial charge in [-0.05, 0) is 30.5 Å². The first-order chi connectivity index (χ1) is 18.5. The van der Waals surface area contributed by atoms with E-state index in [2.05, 4.69) is 36.5 Å². The number of H-pyrrole nitrogens is 1. The third-order valence-corrected chi connectivity index (χ3v) is 6.14. The Morgan fingerprint density at radius 1 is 1.03 bits per heavy atom. The Kier molecular flexibility index (Phi) is 10.5. The molecule has 2 aromatic carbocycles. The molecule has 12 nitrogen and oxygen atoms in total. The van der Waals surface area contributed by atoms with Crippen molar-refractivity contribution < 1.29 is 24.2 Å². The van der Waals surface area contributed by atoms with Gasteiger partial charge in [0.05, 0.1) is 23.8 Å². The Balaban J connectivity index is 0.00000420. The maximum absolute atomic E-state index is 13.3. The highest BCUT2D eigenvalue weighted by Crippen LogP contribution is 2.20. The van der Waals surface area contributed by atoms with Crippen LogP contribution in [0.5, 0.6) is 0 Å². The van der Waals surface area contributed by atoms with Gasteiger partial charge in [-0.1, -0.05) is 42.8 Å². The number of aromatic amines is 1. The molecule has 208 valence electrons. The zero-order valence-corrected chi connectivity index (χ0v) is 22.1. The number of benzene rings is 2. The summed E-state index contributed by atoms with van der Waals surface area (Å²) in [7, 11) is 0. The van der Waals surface area contributed by atoms with Crippen LogP contribution in [0.1, 0.15) is 41.6 Å². The van der Waals surface area contributed by atoms with E-state index < -0.39 is 23.6 Å². The summed E-state index contributed by atoms with van der Waals surface area (Å²) in [5, 5.41) is 28.8. The lowest BCUT2D eigenvalue weighted by molar-refractivity contribution is -0.146. The fourth-order valence-electron chi connectivity index (χ4n) is 4.15. The standard InChI is InChI=1S/C26H31N7O5.ClH/c34-22(19-10-7-11-21-20(19)16-30-33-21)31-26(23(35)36,12-5-2-6-13-27-24-28-14-15-29-24)32-25(37)38-17-18-8-3-1-4-9-18;/h1,3-4,7-11,16H,2,5-6,12-15,17H2,(H,30,33)(H,31,34)(H,32,37)(H,35,36)(H2,27,28,29);1H/t26-;/m0./s1. The summed E-state index contributed by atoms with van der Waals surface area (Å²) in [6, 6.07) is 14.0. The molecule has 0 radical (unpaired) electrons. The molecule has 13 heteroatoms. The van der Waals surface area contributed by atoms with Crippen molar-refractivity contribution in [2.24, 2.45) is 4.99 Å². The van der Waals surface area contributed by atoms with Gasteiger partial charge in [-0.2, -0.15) is 5.10 Å². The predicted octanol–water partition coefficient (Wildman–Crippen LogP) is 2.53. The van der Waals surface area contributed by atoms with Crippen LogP contribution in [0, 0.1) is 0 Å². The Labute approximate surface area is 231 Å². The minimum absolute atomic E-state index is 0. The van der Waals surface area contributed by atoms with Crippen molar-refractivity contribution in [3.63, 3.8) is 0 Å². The summed E-state index contributed by atoms with van der Waals surface area (Å²) in [6.07, 6.45) is 2.31. The Morgan fingerprint density at radius 2 is 1.85 bits per heavy atom. The van der Waals surface area contributed by atoms with Crippen molar-refractivity contribution in [3.8, 4) is 0 Å². The first-order valence-electron chi connectivity index (χ1n) is 12.5. The highest BCUT2D eigenvalue weighted by molar-refractivity contribution is 6.07. The Bertz CT molecular complexity index is 1300. The molecular formula is C26H32ClN7O5. The number of aliphatic carboxylic acids is 1. The van der Waals surface area contributed by atoms with E-state index >= 15 is 0 Å². The normalized spacial score (nSPS) is 13.8. The number of aromatic nitrogens is 2. The van der Waals surface area contributed by atoms with Gasteiger partial charge in [0.15, 0.2) is 5.96 Å². The number of carboxylic acids is 1. The molecule has 0 unspecified atom stereocenters. The van der Waals surface area contributed by atoms with Crippen molar-refractivity contribution in [3.05, 3.63) is 65.9 Å². The van der Waals surface area contributed by atoms with Crippen molar-refractivity contribution in [1.82, 2.24) is 31.5 Å². The second-order valence-electron chi connectivity index (χ2n) is 8.88. The average molecular weight is 558 g/mol. The lowest BCUT2D eigenvalue weighted by atomic mass is 10.00. The quantitative estimate of drug-likeness (QED) is 0.146. The minimum Gasteiger partial charge on any atom is -0.478 e. The number of carbonyl (C=O) groups is 3. The van der Waals surface area contributed by atoms with Gasteiger partial charge in [-0.15, -0.1) is 12.4 Å². The number of unbranched alkanes of at least 4 members (excludes halogenated alkanes) is 2. The lowest BCUT2D eigenvalue weighted by Crippen LogP contribution is -2.65. The molecule has 0 spiro atoms. The average Bonchev–Trinajstić information content (AvgIpc) is 3.62. The van der Waals surface area contributed by atoms with Crippen molar-refractivity contribution >= 4 is 47.2 Å². The van der Waals surface area contributed by atoms with Gasteiger partial charge in [-0.25, -0.2) is 9.59 Å². The maximum atomic E-state index is 13.3. The van der Waals surface area contributed by atoms with Gasteiger partial charge >= 0.3 is 12.1 Å². The Hall–Kier alpha value is -4.32. The number of nitrogens with zero attached hydrogens (tertiary/aromatic N) is 2. The number of aliphatic imine (C=N–C) groups is 1. The number of amides is 2. The number of carboxylic acid groups (broad SMARTS) is 1. The lowest BCUT2D eigenvalue weighted by Gasteiger charge is -2.31. The summed E-state index contributed by atoms with van der Waals surface area (Å²) in [5.74, 6) is -1.30. The van der Waals surface area contributed by atoms with Crippen LogP contribution in [0.3, 0.4) is 0 Å². The number of carbonyl (C=O) groups excluding carboxylic acids is 2. The highest BCUT2D eigenvalue weighted by Gasteiger charge is 2.42. The first kappa shape index (κ1) is 29.2. The van der Waals surface area contributed by atoms with Gasteiger partial charge in [0.25, 0.3) is 5.91 Å². The molecule has 4 rings (SSSR count). The molecule has 0 bridgehead atoms. The highest BCUT2D eigenvalue weighted by atomic mass is 35.5. The van der Waals surface area contributed by atoms with Crippen LogP contribution in [-0.4, -0.2) is 64.5 Å². The van der Waals surface area contributed by atoms with Gasteiger partial charge in [0.2, 0.25) is 5.66 Å². The summed E-state index contributed by atoms with van der Waals surface area (Å²) < 4.78 is 5.27. The van der Waals surface area contributed by atoms with Gasteiger partial charge in [-0.3, -0.25) is 20.2 Å².